The third-order valence-electron chi connectivity index (χ3n) is 11.6. The Labute approximate surface area is 313 Å². The third kappa shape index (κ3) is 4.61. The molecule has 2 heterocycles. The minimum Gasteiger partial charge on any atom is -0.456 e. The van der Waals surface area contributed by atoms with Crippen LogP contribution in [0, 0.1) is 0 Å². The smallest absolute Gasteiger partial charge is 0.137 e. The van der Waals surface area contributed by atoms with Gasteiger partial charge in [0, 0.05) is 61.2 Å². The van der Waals surface area contributed by atoms with Crippen LogP contribution in [0.5, 0.6) is 0 Å². The van der Waals surface area contributed by atoms with Crippen LogP contribution in [-0.4, -0.2) is 4.98 Å². The Kier molecular flexibility index (Phi) is 6.60. The zero-order valence-corrected chi connectivity index (χ0v) is 30.1. The molecule has 3 nitrogen and oxygen atoms in total. The summed E-state index contributed by atoms with van der Waals surface area (Å²) in [7, 11) is 0. The van der Waals surface area contributed by atoms with Crippen molar-refractivity contribution in [1.82, 2.24) is 4.98 Å². The summed E-state index contributed by atoms with van der Waals surface area (Å²) < 4.78 is 6.74. The Morgan fingerprint density at radius 3 is 1.91 bits per heavy atom. The van der Waals surface area contributed by atoms with E-state index in [-0.39, 0.29) is 5.41 Å². The predicted molar refractivity (Wildman–Crippen MR) is 226 cm³/mol. The van der Waals surface area contributed by atoms with Crippen molar-refractivity contribution in [3.8, 4) is 33.4 Å². The highest BCUT2D eigenvalue weighted by Gasteiger charge is 2.35. The largest absolute Gasteiger partial charge is 0.456 e. The molecule has 0 aliphatic heterocycles. The lowest BCUT2D eigenvalue weighted by Gasteiger charge is -2.28. The van der Waals surface area contributed by atoms with Gasteiger partial charge < -0.3 is 14.3 Å². The van der Waals surface area contributed by atoms with E-state index in [9.17, 15) is 0 Å². The number of rotatable bonds is 5. The maximum atomic E-state index is 6.74. The van der Waals surface area contributed by atoms with Crippen molar-refractivity contribution in [2.75, 3.05) is 4.90 Å². The van der Waals surface area contributed by atoms with Crippen LogP contribution in [0.2, 0.25) is 0 Å². The van der Waals surface area contributed by atoms with Crippen molar-refractivity contribution >= 4 is 60.8 Å². The Morgan fingerprint density at radius 2 is 1.04 bits per heavy atom. The van der Waals surface area contributed by atoms with Crippen LogP contribution < -0.4 is 4.90 Å². The van der Waals surface area contributed by atoms with E-state index in [1.54, 1.807) is 0 Å². The highest BCUT2D eigenvalue weighted by Crippen LogP contribution is 2.51. The van der Waals surface area contributed by atoms with E-state index in [1.807, 2.05) is 0 Å². The number of hydrogen-bond acceptors (Lipinski definition) is 2. The SMILES string of the molecule is CC1(C)c2ccccc2-c2ccc(N(c3ccc(-c4ccccc4)cc3)c3ccc4c(c3)oc3cc(-c5cccc6c5[nH]c5ccccc56)ccc34)cc21. The van der Waals surface area contributed by atoms with Crippen molar-refractivity contribution in [3.05, 3.63) is 187 Å². The topological polar surface area (TPSA) is 32.2 Å². The molecule has 0 unspecified atom stereocenters. The van der Waals surface area contributed by atoms with Gasteiger partial charge in [0.1, 0.15) is 11.2 Å². The molecule has 0 fully saturated rings. The lowest BCUT2D eigenvalue weighted by Crippen LogP contribution is -2.16. The molecule has 0 radical (unpaired) electrons. The van der Waals surface area contributed by atoms with E-state index in [4.69, 9.17) is 4.42 Å². The molecular weight excluding hydrogens is 657 g/mol. The van der Waals surface area contributed by atoms with Crippen LogP contribution in [0.4, 0.5) is 17.1 Å². The first kappa shape index (κ1) is 30.8. The van der Waals surface area contributed by atoms with Crippen molar-refractivity contribution in [3.63, 3.8) is 0 Å². The van der Waals surface area contributed by atoms with Gasteiger partial charge in [0.25, 0.3) is 0 Å². The van der Waals surface area contributed by atoms with Gasteiger partial charge in [-0.1, -0.05) is 129 Å². The molecule has 1 aliphatic carbocycles. The summed E-state index contributed by atoms with van der Waals surface area (Å²) in [6.45, 7) is 4.68. The molecule has 0 amide bonds. The van der Waals surface area contributed by atoms with E-state index in [2.05, 4.69) is 200 Å². The lowest BCUT2D eigenvalue weighted by atomic mass is 9.82. The van der Waals surface area contributed by atoms with Gasteiger partial charge in [0.2, 0.25) is 0 Å². The summed E-state index contributed by atoms with van der Waals surface area (Å²) in [6.07, 6.45) is 0. The first-order chi connectivity index (χ1) is 26.5. The van der Waals surface area contributed by atoms with Gasteiger partial charge in [0.05, 0.1) is 5.52 Å². The number of furan rings is 1. The Hall–Kier alpha value is -6.84. The number of aromatic nitrogens is 1. The minimum atomic E-state index is -0.109. The van der Waals surface area contributed by atoms with Gasteiger partial charge in [0.15, 0.2) is 0 Å². The zero-order valence-electron chi connectivity index (χ0n) is 30.1. The molecule has 0 spiro atoms. The molecule has 10 aromatic rings. The van der Waals surface area contributed by atoms with Crippen molar-refractivity contribution < 1.29 is 4.42 Å². The fourth-order valence-corrected chi connectivity index (χ4v) is 8.90. The summed E-state index contributed by atoms with van der Waals surface area (Å²) in [5.41, 5.74) is 17.2. The summed E-state index contributed by atoms with van der Waals surface area (Å²) in [6, 6.07) is 63.6. The molecule has 0 atom stereocenters. The number of anilines is 3. The van der Waals surface area contributed by atoms with Crippen molar-refractivity contribution in [2.45, 2.75) is 19.3 Å². The second kappa shape index (κ2) is 11.6. The average molecular weight is 693 g/mol. The molecule has 0 bridgehead atoms. The first-order valence-electron chi connectivity index (χ1n) is 18.7. The predicted octanol–water partition coefficient (Wildman–Crippen LogP) is 14.3. The Balaban J connectivity index is 1.04. The van der Waals surface area contributed by atoms with Crippen molar-refractivity contribution in [1.29, 1.82) is 0 Å². The molecule has 256 valence electrons. The number of nitrogens with one attached hydrogen (secondary N) is 1. The molecule has 0 saturated heterocycles. The van der Waals surface area contributed by atoms with Crippen LogP contribution in [0.25, 0.3) is 77.1 Å². The first-order valence-corrected chi connectivity index (χ1v) is 18.7. The van der Waals surface area contributed by atoms with Crippen LogP contribution in [-0.2, 0) is 5.41 Å². The number of hydrogen-bond donors (Lipinski definition) is 1. The zero-order chi connectivity index (χ0) is 36.0. The number of H-pyrrole nitrogens is 1. The Morgan fingerprint density at radius 1 is 0.426 bits per heavy atom. The number of benzene rings is 8. The highest BCUT2D eigenvalue weighted by molar-refractivity contribution is 6.13. The van der Waals surface area contributed by atoms with E-state index in [0.29, 0.717) is 0 Å². The quantitative estimate of drug-likeness (QED) is 0.195. The fourth-order valence-electron chi connectivity index (χ4n) is 8.90. The normalized spacial score (nSPS) is 13.1. The Bertz CT molecular complexity index is 3070. The molecule has 3 heteroatoms. The summed E-state index contributed by atoms with van der Waals surface area (Å²) >= 11 is 0. The van der Waals surface area contributed by atoms with Gasteiger partial charge in [-0.05, 0) is 93.5 Å². The fraction of sp³-hybridized carbons (Fsp3) is 0.0588. The van der Waals surface area contributed by atoms with Crippen LogP contribution in [0.3, 0.4) is 0 Å². The number of para-hydroxylation sites is 2. The molecule has 11 rings (SSSR count). The highest BCUT2D eigenvalue weighted by atomic mass is 16.3. The molecule has 2 aromatic heterocycles. The van der Waals surface area contributed by atoms with Gasteiger partial charge in [-0.15, -0.1) is 0 Å². The maximum Gasteiger partial charge on any atom is 0.137 e. The monoisotopic (exact) mass is 692 g/mol. The standard InChI is InChI=1S/C51H36N2O/c1-51(2)45-17-8-6-13-39(45)40-27-24-36(30-46(40)51)53(35-22-19-33(20-23-35)32-11-4-3-5-12-32)37-25-28-43-42-26-21-34(29-48(42)54-49(43)31-37)38-15-10-16-44-41-14-7-9-18-47(41)52-50(38)44/h3-31,52H,1-2H3. The third-order valence-corrected chi connectivity index (χ3v) is 11.6. The molecular formula is C51H36N2O. The van der Waals surface area contributed by atoms with Gasteiger partial charge >= 0.3 is 0 Å². The lowest BCUT2D eigenvalue weighted by molar-refractivity contribution is 0.660. The molecule has 8 aromatic carbocycles. The number of nitrogens with zero attached hydrogens (tertiary/aromatic N) is 1. The number of fused-ring (bicyclic) bond motifs is 9. The van der Waals surface area contributed by atoms with E-state index in [1.165, 1.54) is 49.7 Å². The average Bonchev–Trinajstić information content (AvgIpc) is 3.86. The van der Waals surface area contributed by atoms with Crippen molar-refractivity contribution in [2.24, 2.45) is 0 Å². The van der Waals surface area contributed by atoms with Gasteiger partial charge in [-0.2, -0.15) is 0 Å². The van der Waals surface area contributed by atoms with Gasteiger partial charge in [-0.3, -0.25) is 0 Å². The second-order valence-electron chi connectivity index (χ2n) is 15.0. The van der Waals surface area contributed by atoms with Gasteiger partial charge in [-0.25, -0.2) is 0 Å². The molecule has 54 heavy (non-hydrogen) atoms. The molecule has 1 N–H and O–H groups in total. The van der Waals surface area contributed by atoms with Crippen LogP contribution in [0.1, 0.15) is 25.0 Å². The van der Waals surface area contributed by atoms with E-state index < -0.39 is 0 Å². The minimum absolute atomic E-state index is 0.109. The summed E-state index contributed by atoms with van der Waals surface area (Å²) in [5, 5.41) is 4.68. The second-order valence-corrected chi connectivity index (χ2v) is 15.0. The van der Waals surface area contributed by atoms with E-state index in [0.717, 1.165) is 55.6 Å². The summed E-state index contributed by atoms with van der Waals surface area (Å²) in [5.74, 6) is 0. The maximum absolute atomic E-state index is 6.74. The van der Waals surface area contributed by atoms with Crippen LogP contribution in [0.15, 0.2) is 180 Å². The van der Waals surface area contributed by atoms with Crippen LogP contribution >= 0.6 is 0 Å². The van der Waals surface area contributed by atoms with E-state index >= 15 is 0 Å². The number of aromatic amines is 1. The molecule has 1 aliphatic rings. The molecule has 0 saturated carbocycles. The summed E-state index contributed by atoms with van der Waals surface area (Å²) in [4.78, 5) is 6.04.